The van der Waals surface area contributed by atoms with Gasteiger partial charge in [0.05, 0.1) is 5.56 Å². The molecule has 0 radical (unpaired) electrons. The molecule has 0 aliphatic carbocycles. The van der Waals surface area contributed by atoms with Gasteiger partial charge in [-0.05, 0) is 12.1 Å². The van der Waals surface area contributed by atoms with E-state index < -0.39 is 0 Å². The summed E-state index contributed by atoms with van der Waals surface area (Å²) in [7, 11) is 2.02. The summed E-state index contributed by atoms with van der Waals surface area (Å²) >= 11 is 3.67. The Balaban J connectivity index is 0.00000144. The Bertz CT molecular complexity index is 977. The first-order chi connectivity index (χ1) is 10.3. The lowest BCUT2D eigenvalue weighted by atomic mass is 10.0. The highest BCUT2D eigenvalue weighted by Crippen LogP contribution is 2.37. The molecule has 4 heteroatoms. The monoisotopic (exact) mass is 465 g/mol. The third-order valence-electron chi connectivity index (χ3n) is 3.80. The third-order valence-corrected chi connectivity index (χ3v) is 4.79. The largest absolute Gasteiger partial charge is 1.00 e. The van der Waals surface area contributed by atoms with E-state index in [2.05, 4.69) is 50.8 Å². The number of para-hydroxylation sites is 2. The van der Waals surface area contributed by atoms with Gasteiger partial charge in [-0.15, -0.1) is 0 Å². The Morgan fingerprint density at radius 2 is 1.59 bits per heavy atom. The minimum atomic E-state index is 0. The van der Waals surface area contributed by atoms with Crippen molar-refractivity contribution in [3.63, 3.8) is 0 Å². The molecule has 0 bridgehead atoms. The molecule has 2 nitrogen and oxygen atoms in total. The predicted octanol–water partition coefficient (Wildman–Crippen LogP) is 1.84. The van der Waals surface area contributed by atoms with Gasteiger partial charge in [0.15, 0.2) is 6.20 Å². The molecule has 4 rings (SSSR count). The van der Waals surface area contributed by atoms with Gasteiger partial charge < -0.3 is 28.4 Å². The van der Waals surface area contributed by atoms with Crippen LogP contribution in [-0.2, 0) is 7.05 Å². The zero-order valence-corrected chi connectivity index (χ0v) is 15.6. The molecular weight excluding hydrogens is 453 g/mol. The number of halogens is 2. The van der Waals surface area contributed by atoms with Crippen LogP contribution in [0, 0.1) is 0 Å². The third kappa shape index (κ3) is 2.34. The average Bonchev–Trinajstić information content (AvgIpc) is 2.89. The van der Waals surface area contributed by atoms with E-state index in [1.165, 1.54) is 0 Å². The first-order valence-electron chi connectivity index (χ1n) is 6.80. The molecule has 0 aliphatic rings. The van der Waals surface area contributed by atoms with Crippen LogP contribution in [0.3, 0.4) is 0 Å². The van der Waals surface area contributed by atoms with Crippen LogP contribution in [0.2, 0.25) is 0 Å². The molecule has 0 saturated carbocycles. The first-order valence-corrected chi connectivity index (χ1v) is 7.60. The number of fused-ring (bicyclic) bond motifs is 3. The van der Waals surface area contributed by atoms with Gasteiger partial charge in [-0.2, -0.15) is 4.57 Å². The summed E-state index contributed by atoms with van der Waals surface area (Å²) in [6, 6.07) is 18.6. The molecule has 0 amide bonds. The predicted molar refractivity (Wildman–Crippen MR) is 88.0 cm³/mol. The Hall–Kier alpha value is -1.40. The number of rotatable bonds is 1. The zero-order valence-electron chi connectivity index (χ0n) is 11.9. The fraction of sp³-hybridized carbons (Fsp3) is 0.0556. The highest BCUT2D eigenvalue weighted by Gasteiger charge is 2.17. The molecular formula is C18H13BrINO. The summed E-state index contributed by atoms with van der Waals surface area (Å²) in [5.74, 6) is 0. The van der Waals surface area contributed by atoms with Crippen molar-refractivity contribution in [3.8, 4) is 11.1 Å². The van der Waals surface area contributed by atoms with Gasteiger partial charge in [0.2, 0.25) is 0 Å². The van der Waals surface area contributed by atoms with Gasteiger partial charge in [-0.1, -0.05) is 36.4 Å². The van der Waals surface area contributed by atoms with Crippen LogP contribution in [0.1, 0.15) is 0 Å². The van der Waals surface area contributed by atoms with Gasteiger partial charge in [0.25, 0.3) is 4.60 Å². The second-order valence-electron chi connectivity index (χ2n) is 5.10. The van der Waals surface area contributed by atoms with E-state index in [0.29, 0.717) is 0 Å². The van der Waals surface area contributed by atoms with Gasteiger partial charge >= 0.3 is 0 Å². The maximum atomic E-state index is 6.10. The molecule has 4 aromatic rings. The van der Waals surface area contributed by atoms with Gasteiger partial charge in [0, 0.05) is 38.3 Å². The molecule has 0 aliphatic heterocycles. The molecule has 0 unspecified atom stereocenters. The lowest BCUT2D eigenvalue weighted by Crippen LogP contribution is -3.00. The summed E-state index contributed by atoms with van der Waals surface area (Å²) in [4.78, 5) is 0. The van der Waals surface area contributed by atoms with Crippen molar-refractivity contribution < 1.29 is 33.0 Å². The van der Waals surface area contributed by atoms with Crippen molar-refractivity contribution in [2.75, 3.05) is 0 Å². The molecule has 22 heavy (non-hydrogen) atoms. The number of hydrogen-bond donors (Lipinski definition) is 0. The second-order valence-corrected chi connectivity index (χ2v) is 5.86. The highest BCUT2D eigenvalue weighted by atomic mass is 127. The van der Waals surface area contributed by atoms with Gasteiger partial charge in [0.1, 0.15) is 18.2 Å². The van der Waals surface area contributed by atoms with Gasteiger partial charge in [-0.3, -0.25) is 0 Å². The Labute approximate surface area is 153 Å². The van der Waals surface area contributed by atoms with Crippen molar-refractivity contribution in [3.05, 3.63) is 65.4 Å². The van der Waals surface area contributed by atoms with E-state index in [1.807, 2.05) is 37.5 Å². The van der Waals surface area contributed by atoms with Crippen molar-refractivity contribution in [2.24, 2.45) is 7.05 Å². The Kier molecular flexibility index (Phi) is 4.23. The van der Waals surface area contributed by atoms with E-state index >= 15 is 0 Å². The van der Waals surface area contributed by atoms with Crippen LogP contribution in [0.5, 0.6) is 0 Å². The number of furan rings is 1. The van der Waals surface area contributed by atoms with Gasteiger partial charge in [-0.25, -0.2) is 0 Å². The minimum Gasteiger partial charge on any atom is -1.00 e. The summed E-state index contributed by atoms with van der Waals surface area (Å²) in [6.07, 6.45) is 2.02. The topological polar surface area (TPSA) is 17.0 Å². The lowest BCUT2D eigenvalue weighted by molar-refractivity contribution is -0.681. The fourth-order valence-electron chi connectivity index (χ4n) is 2.75. The van der Waals surface area contributed by atoms with Crippen LogP contribution >= 0.6 is 15.9 Å². The SMILES string of the molecule is C[n+]1cccc(-c2cccc3c2oc2ccccc23)c1Br.[I-]. The molecule has 2 heterocycles. The number of hydrogen-bond acceptors (Lipinski definition) is 1. The molecule has 2 aromatic carbocycles. The second kappa shape index (κ2) is 6.01. The normalized spacial score (nSPS) is 10.8. The number of aromatic nitrogens is 1. The van der Waals surface area contributed by atoms with Crippen LogP contribution in [0.15, 0.2) is 69.8 Å². The first kappa shape index (κ1) is 15.5. The number of benzene rings is 2. The van der Waals surface area contributed by atoms with E-state index in [-0.39, 0.29) is 24.0 Å². The molecule has 110 valence electrons. The van der Waals surface area contributed by atoms with Crippen molar-refractivity contribution >= 4 is 37.9 Å². The number of aryl methyl sites for hydroxylation is 1. The average molecular weight is 466 g/mol. The van der Waals surface area contributed by atoms with E-state index in [1.54, 1.807) is 0 Å². The quantitative estimate of drug-likeness (QED) is 0.238. The smallest absolute Gasteiger partial charge is 0.255 e. The van der Waals surface area contributed by atoms with Crippen molar-refractivity contribution in [1.82, 2.24) is 0 Å². The molecule has 0 spiro atoms. The van der Waals surface area contributed by atoms with Crippen LogP contribution < -0.4 is 28.5 Å². The summed E-state index contributed by atoms with van der Waals surface area (Å²) < 4.78 is 9.19. The summed E-state index contributed by atoms with van der Waals surface area (Å²) in [5.41, 5.74) is 4.10. The Morgan fingerprint density at radius 3 is 2.45 bits per heavy atom. The van der Waals surface area contributed by atoms with E-state index in [4.69, 9.17) is 4.42 Å². The van der Waals surface area contributed by atoms with Crippen molar-refractivity contribution in [2.45, 2.75) is 0 Å². The lowest BCUT2D eigenvalue weighted by Gasteiger charge is -2.03. The maximum absolute atomic E-state index is 6.10. The number of pyridine rings is 1. The molecule has 0 atom stereocenters. The Morgan fingerprint density at radius 1 is 0.864 bits per heavy atom. The molecule has 0 fully saturated rings. The maximum Gasteiger partial charge on any atom is 0.255 e. The molecule has 0 N–H and O–H groups in total. The fourth-order valence-corrected chi connectivity index (χ4v) is 3.22. The highest BCUT2D eigenvalue weighted by molar-refractivity contribution is 9.10. The zero-order chi connectivity index (χ0) is 14.4. The van der Waals surface area contributed by atoms with E-state index in [9.17, 15) is 0 Å². The molecule has 2 aromatic heterocycles. The standard InChI is InChI=1S/C18H13BrNO.HI/c1-20-11-5-9-15(18(20)19)14-8-4-7-13-12-6-2-3-10-16(12)21-17(13)14;/h2-11H,1H3;1H/q+1;/p-1. The summed E-state index contributed by atoms with van der Waals surface area (Å²) in [6.45, 7) is 0. The van der Waals surface area contributed by atoms with E-state index in [0.717, 1.165) is 37.7 Å². The van der Waals surface area contributed by atoms with Crippen molar-refractivity contribution in [1.29, 1.82) is 0 Å². The summed E-state index contributed by atoms with van der Waals surface area (Å²) in [5, 5.41) is 2.31. The van der Waals surface area contributed by atoms with Crippen LogP contribution in [0.25, 0.3) is 33.1 Å². The van der Waals surface area contributed by atoms with Crippen LogP contribution in [0.4, 0.5) is 0 Å². The minimum absolute atomic E-state index is 0. The van der Waals surface area contributed by atoms with Crippen LogP contribution in [-0.4, -0.2) is 0 Å². The molecule has 0 saturated heterocycles. The number of nitrogens with zero attached hydrogens (tertiary/aromatic N) is 1.